The van der Waals surface area contributed by atoms with Crippen molar-refractivity contribution in [3.05, 3.63) is 46.3 Å². The van der Waals surface area contributed by atoms with Gasteiger partial charge in [0.05, 0.1) is 11.3 Å². The number of thiophene rings is 1. The molecule has 2 heterocycles. The molecule has 2 aliphatic rings. The Labute approximate surface area is 177 Å². The summed E-state index contributed by atoms with van der Waals surface area (Å²) in [6, 6.07) is 11.6. The second-order valence-corrected chi connectivity index (χ2v) is 9.56. The first-order chi connectivity index (χ1) is 14.0. The van der Waals surface area contributed by atoms with Crippen LogP contribution in [0.25, 0.3) is 0 Å². The number of nitriles is 1. The zero-order valence-electron chi connectivity index (χ0n) is 15.9. The molecular weight excluding hydrogens is 404 g/mol. The summed E-state index contributed by atoms with van der Waals surface area (Å²) in [5, 5.41) is 15.7. The number of carbonyl (C=O) groups excluding carboxylic acids is 2. The van der Waals surface area contributed by atoms with Gasteiger partial charge in [0.1, 0.15) is 16.3 Å². The Hall–Kier alpha value is -2.63. The Morgan fingerprint density at radius 3 is 2.93 bits per heavy atom. The normalized spacial score (nSPS) is 22.1. The van der Waals surface area contributed by atoms with E-state index in [1.165, 1.54) is 28.0 Å². The molecule has 8 heteroatoms. The summed E-state index contributed by atoms with van der Waals surface area (Å²) in [7, 11) is 0. The third kappa shape index (κ3) is 4.36. The summed E-state index contributed by atoms with van der Waals surface area (Å²) in [5.41, 5.74) is 2.41. The Bertz CT molecular complexity index is 1020. The van der Waals surface area contributed by atoms with Gasteiger partial charge in [-0.05, 0) is 42.9 Å². The minimum Gasteiger partial charge on any atom is -0.317 e. The minimum atomic E-state index is -0.530. The number of rotatable bonds is 4. The quantitative estimate of drug-likeness (QED) is 0.776. The summed E-state index contributed by atoms with van der Waals surface area (Å²) in [6.07, 6.45) is 2.93. The Morgan fingerprint density at radius 2 is 2.17 bits per heavy atom. The smallest absolute Gasteiger partial charge is 0.240 e. The number of hydrogen-bond donors (Lipinski definition) is 2. The van der Waals surface area contributed by atoms with Gasteiger partial charge in [0.25, 0.3) is 0 Å². The molecule has 1 saturated heterocycles. The average molecular weight is 425 g/mol. The van der Waals surface area contributed by atoms with Crippen LogP contribution in [0.4, 0.5) is 10.7 Å². The van der Waals surface area contributed by atoms with Gasteiger partial charge in [-0.2, -0.15) is 5.26 Å². The van der Waals surface area contributed by atoms with Gasteiger partial charge in [0, 0.05) is 11.3 Å². The fourth-order valence-corrected chi connectivity index (χ4v) is 5.88. The highest BCUT2D eigenvalue weighted by atomic mass is 32.2. The molecule has 148 valence electrons. The Kier molecular flexibility index (Phi) is 5.69. The van der Waals surface area contributed by atoms with E-state index in [-0.39, 0.29) is 18.2 Å². The van der Waals surface area contributed by atoms with E-state index >= 15 is 0 Å². The van der Waals surface area contributed by atoms with Crippen molar-refractivity contribution in [1.82, 2.24) is 5.32 Å². The van der Waals surface area contributed by atoms with Crippen molar-refractivity contribution in [2.75, 3.05) is 5.32 Å². The van der Waals surface area contributed by atoms with Gasteiger partial charge in [-0.25, -0.2) is 4.99 Å². The van der Waals surface area contributed by atoms with E-state index in [0.29, 0.717) is 21.7 Å². The number of nitrogens with one attached hydrogen (secondary N) is 2. The molecule has 2 N–H and O–H groups in total. The van der Waals surface area contributed by atoms with Gasteiger partial charge < -0.3 is 10.6 Å². The van der Waals surface area contributed by atoms with Crippen LogP contribution in [-0.2, 0) is 22.4 Å². The fourth-order valence-electron chi connectivity index (χ4n) is 3.52. The molecule has 4 rings (SSSR count). The molecule has 2 unspecified atom stereocenters. The van der Waals surface area contributed by atoms with E-state index in [4.69, 9.17) is 0 Å². The molecule has 6 nitrogen and oxygen atoms in total. The Balaban J connectivity index is 1.42. The van der Waals surface area contributed by atoms with Crippen LogP contribution in [0.15, 0.2) is 35.3 Å². The van der Waals surface area contributed by atoms with Crippen molar-refractivity contribution in [2.45, 2.75) is 37.9 Å². The van der Waals surface area contributed by atoms with Crippen molar-refractivity contribution in [2.24, 2.45) is 10.9 Å². The van der Waals surface area contributed by atoms with Crippen LogP contribution in [0.3, 0.4) is 0 Å². The number of amides is 2. The third-order valence-electron chi connectivity index (χ3n) is 5.01. The summed E-state index contributed by atoms with van der Waals surface area (Å²) in [5.74, 6) is 0.110. The lowest BCUT2D eigenvalue weighted by molar-refractivity contribution is -0.122. The van der Waals surface area contributed by atoms with Crippen LogP contribution >= 0.6 is 23.1 Å². The molecular formula is C21H20N4O2S2. The summed E-state index contributed by atoms with van der Waals surface area (Å²) >= 11 is 2.75. The SMILES string of the molecule is CC1CCc2c(sc(NC(=O)CC3SC(=Nc4ccccc4)NC3=O)c2C#N)C1. The van der Waals surface area contributed by atoms with Crippen LogP contribution in [0, 0.1) is 17.2 Å². The molecule has 1 aromatic heterocycles. The lowest BCUT2D eigenvalue weighted by atomic mass is 9.88. The lowest BCUT2D eigenvalue weighted by Gasteiger charge is -2.17. The van der Waals surface area contributed by atoms with Crippen molar-refractivity contribution in [3.63, 3.8) is 0 Å². The maximum Gasteiger partial charge on any atom is 0.240 e. The number of carbonyl (C=O) groups is 2. The summed E-state index contributed by atoms with van der Waals surface area (Å²) in [6.45, 7) is 2.21. The van der Waals surface area contributed by atoms with Crippen LogP contribution in [0.1, 0.15) is 35.8 Å². The van der Waals surface area contributed by atoms with Crippen LogP contribution in [0.5, 0.6) is 0 Å². The zero-order chi connectivity index (χ0) is 20.4. The van der Waals surface area contributed by atoms with Gasteiger partial charge in [0.15, 0.2) is 5.17 Å². The third-order valence-corrected chi connectivity index (χ3v) is 7.26. The number of fused-ring (bicyclic) bond motifs is 1. The predicted molar refractivity (Wildman–Crippen MR) is 117 cm³/mol. The van der Waals surface area contributed by atoms with Crippen LogP contribution < -0.4 is 10.6 Å². The number of hydrogen-bond acceptors (Lipinski definition) is 6. The minimum absolute atomic E-state index is 0.0359. The largest absolute Gasteiger partial charge is 0.317 e. The number of amidine groups is 1. The molecule has 1 aromatic carbocycles. The zero-order valence-corrected chi connectivity index (χ0v) is 17.5. The van der Waals surface area contributed by atoms with Crippen molar-refractivity contribution in [3.8, 4) is 6.07 Å². The first-order valence-electron chi connectivity index (χ1n) is 9.49. The van der Waals surface area contributed by atoms with Gasteiger partial charge >= 0.3 is 0 Å². The number of benzene rings is 1. The van der Waals surface area contributed by atoms with Crippen LogP contribution in [-0.4, -0.2) is 22.2 Å². The number of nitrogens with zero attached hydrogens (tertiary/aromatic N) is 2. The average Bonchev–Trinajstić information content (AvgIpc) is 3.20. The molecule has 1 aliphatic carbocycles. The molecule has 1 fully saturated rings. The maximum absolute atomic E-state index is 12.6. The highest BCUT2D eigenvalue weighted by molar-refractivity contribution is 8.15. The van der Waals surface area contributed by atoms with E-state index in [0.717, 1.165) is 30.5 Å². The van der Waals surface area contributed by atoms with E-state index in [1.54, 1.807) is 0 Å². The van der Waals surface area contributed by atoms with E-state index in [9.17, 15) is 14.9 Å². The summed E-state index contributed by atoms with van der Waals surface area (Å²) < 4.78 is 0. The number of aliphatic imine (C=N–C) groups is 1. The van der Waals surface area contributed by atoms with E-state index in [1.807, 2.05) is 30.3 Å². The van der Waals surface area contributed by atoms with E-state index < -0.39 is 5.25 Å². The molecule has 29 heavy (non-hydrogen) atoms. The fraction of sp³-hybridized carbons (Fsp3) is 0.333. The number of para-hydroxylation sites is 1. The second-order valence-electron chi connectivity index (χ2n) is 7.27. The first-order valence-corrected chi connectivity index (χ1v) is 11.2. The molecule has 0 radical (unpaired) electrons. The maximum atomic E-state index is 12.6. The number of thioether (sulfide) groups is 1. The molecule has 2 aromatic rings. The molecule has 0 saturated carbocycles. The van der Waals surface area contributed by atoms with Crippen molar-refractivity contribution in [1.29, 1.82) is 5.26 Å². The Morgan fingerprint density at radius 1 is 1.38 bits per heavy atom. The predicted octanol–water partition coefficient (Wildman–Crippen LogP) is 3.99. The lowest BCUT2D eigenvalue weighted by Crippen LogP contribution is -2.28. The number of anilines is 1. The van der Waals surface area contributed by atoms with Crippen molar-refractivity contribution < 1.29 is 9.59 Å². The van der Waals surface area contributed by atoms with E-state index in [2.05, 4.69) is 28.6 Å². The van der Waals surface area contributed by atoms with Gasteiger partial charge in [-0.3, -0.25) is 9.59 Å². The molecule has 0 bridgehead atoms. The molecule has 2 atom stereocenters. The van der Waals surface area contributed by atoms with Gasteiger partial charge in [-0.15, -0.1) is 11.3 Å². The van der Waals surface area contributed by atoms with Gasteiger partial charge in [-0.1, -0.05) is 36.9 Å². The standard InChI is InChI=1S/C21H20N4O2S2/c1-12-7-8-14-15(11-22)20(28-16(14)9-12)24-18(26)10-17-19(27)25-21(29-17)23-13-5-3-2-4-6-13/h2-6,12,17H,7-10H2,1H3,(H,24,26)(H,23,25,27). The van der Waals surface area contributed by atoms with Crippen molar-refractivity contribution >= 4 is 50.8 Å². The highest BCUT2D eigenvalue weighted by Gasteiger charge is 2.33. The second kappa shape index (κ2) is 8.39. The first kappa shape index (κ1) is 19.7. The van der Waals surface area contributed by atoms with Gasteiger partial charge in [0.2, 0.25) is 11.8 Å². The molecule has 1 aliphatic heterocycles. The molecule has 2 amide bonds. The van der Waals surface area contributed by atoms with Crippen LogP contribution in [0.2, 0.25) is 0 Å². The summed E-state index contributed by atoms with van der Waals surface area (Å²) in [4.78, 5) is 30.4. The topological polar surface area (TPSA) is 94.3 Å². The highest BCUT2D eigenvalue weighted by Crippen LogP contribution is 2.39. The monoisotopic (exact) mass is 424 g/mol. The molecule has 0 spiro atoms.